The number of nitrogens with zero attached hydrogens (tertiary/aromatic N) is 1. The second-order valence-electron chi connectivity index (χ2n) is 6.50. The highest BCUT2D eigenvalue weighted by atomic mass is 19.4. The van der Waals surface area contributed by atoms with Gasteiger partial charge in [-0.25, -0.2) is 4.39 Å². The number of rotatable bonds is 6. The third-order valence-electron chi connectivity index (χ3n) is 4.27. The van der Waals surface area contributed by atoms with Gasteiger partial charge in [0, 0.05) is 11.8 Å². The van der Waals surface area contributed by atoms with E-state index in [1.165, 1.54) is 12.1 Å². The van der Waals surface area contributed by atoms with Crippen LogP contribution in [0, 0.1) is 5.82 Å². The van der Waals surface area contributed by atoms with Crippen LogP contribution < -0.4 is 5.32 Å². The average Bonchev–Trinajstić information content (AvgIpc) is 2.70. The molecule has 0 spiro atoms. The van der Waals surface area contributed by atoms with Gasteiger partial charge in [-0.05, 0) is 42.8 Å². The van der Waals surface area contributed by atoms with Gasteiger partial charge in [0.1, 0.15) is 5.82 Å². The number of carbonyl (C=O) groups excluding carboxylic acids is 1. The number of allylic oxidation sites excluding steroid dienone is 3. The Kier molecular flexibility index (Phi) is 7.60. The van der Waals surface area contributed by atoms with Crippen LogP contribution in [0.4, 0.5) is 30.7 Å². The van der Waals surface area contributed by atoms with E-state index in [1.807, 2.05) is 0 Å². The van der Waals surface area contributed by atoms with Crippen LogP contribution >= 0.6 is 0 Å². The molecule has 0 saturated heterocycles. The summed E-state index contributed by atoms with van der Waals surface area (Å²) in [7, 11) is 0. The number of pyridine rings is 1. The Labute approximate surface area is 179 Å². The number of aromatic nitrogens is 1. The largest absolute Gasteiger partial charge is 0.418 e. The van der Waals surface area contributed by atoms with Crippen molar-refractivity contribution in [2.75, 3.05) is 0 Å². The minimum Gasteiger partial charge on any atom is -0.340 e. The second-order valence-corrected chi connectivity index (χ2v) is 6.50. The fraction of sp³-hybridized carbons (Fsp3) is 0.182. The van der Waals surface area contributed by atoms with Crippen LogP contribution in [0.25, 0.3) is 0 Å². The van der Waals surface area contributed by atoms with Crippen molar-refractivity contribution in [2.45, 2.75) is 25.3 Å². The lowest BCUT2D eigenvalue weighted by molar-refractivity contribution is -0.138. The highest BCUT2D eigenvalue weighted by molar-refractivity contribution is 5.94. The molecule has 1 amide bonds. The van der Waals surface area contributed by atoms with E-state index in [4.69, 9.17) is 0 Å². The molecule has 1 N–H and O–H groups in total. The maximum atomic E-state index is 13.5. The average molecular weight is 458 g/mol. The van der Waals surface area contributed by atoms with E-state index in [0.717, 1.165) is 43.5 Å². The zero-order valence-electron chi connectivity index (χ0n) is 16.6. The summed E-state index contributed by atoms with van der Waals surface area (Å²) < 4.78 is 92.9. The highest BCUT2D eigenvalue weighted by Crippen LogP contribution is 2.36. The molecule has 0 bridgehead atoms. The number of alkyl halides is 6. The lowest BCUT2D eigenvalue weighted by Crippen LogP contribution is -2.31. The number of nitrogens with one attached hydrogen (secondary N) is 1. The molecule has 1 aromatic carbocycles. The van der Waals surface area contributed by atoms with Crippen molar-refractivity contribution < 1.29 is 35.5 Å². The quantitative estimate of drug-likeness (QED) is 0.406. The Bertz CT molecular complexity index is 1050. The Morgan fingerprint density at radius 1 is 1.09 bits per heavy atom. The molecule has 0 saturated carbocycles. The molecular formula is C22H17F7N2O. The molecule has 1 heterocycles. The molecule has 3 nitrogen and oxygen atoms in total. The van der Waals surface area contributed by atoms with Gasteiger partial charge in [-0.3, -0.25) is 9.78 Å². The fourth-order valence-corrected chi connectivity index (χ4v) is 2.72. The van der Waals surface area contributed by atoms with E-state index in [-0.39, 0.29) is 11.1 Å². The molecule has 0 aliphatic heterocycles. The van der Waals surface area contributed by atoms with E-state index in [0.29, 0.717) is 12.1 Å². The maximum Gasteiger partial charge on any atom is 0.418 e. The Balaban J connectivity index is 2.51. The Morgan fingerprint density at radius 2 is 1.78 bits per heavy atom. The molecule has 0 aliphatic carbocycles. The summed E-state index contributed by atoms with van der Waals surface area (Å²) in [5.41, 5.74) is -3.45. The molecule has 170 valence electrons. The lowest BCUT2D eigenvalue weighted by atomic mass is 9.98. The standard InChI is InChI=1S/C22H17F7N2O/c1-3-15(21(24,25)26)10-9-13(2)18(19-17(22(27,28)29)8-5-11-30-19)31-20(32)14-6-4-7-16(23)12-14/h3-12,18H,2H2,1H3,(H,31,32)/b10-9-,15-3+/t18-/m0/s1. The van der Waals surface area contributed by atoms with Crippen molar-refractivity contribution in [2.24, 2.45) is 0 Å². The van der Waals surface area contributed by atoms with Gasteiger partial charge >= 0.3 is 12.4 Å². The molecule has 0 aliphatic rings. The van der Waals surface area contributed by atoms with Crippen LogP contribution in [0.1, 0.15) is 34.6 Å². The molecule has 0 fully saturated rings. The number of hydrogen-bond acceptors (Lipinski definition) is 2. The summed E-state index contributed by atoms with van der Waals surface area (Å²) in [4.78, 5) is 16.2. The first-order chi connectivity index (χ1) is 14.8. The summed E-state index contributed by atoms with van der Waals surface area (Å²) >= 11 is 0. The van der Waals surface area contributed by atoms with Crippen LogP contribution in [0.3, 0.4) is 0 Å². The number of hydrogen-bond donors (Lipinski definition) is 1. The van der Waals surface area contributed by atoms with Gasteiger partial charge in [0.2, 0.25) is 0 Å². The third-order valence-corrected chi connectivity index (χ3v) is 4.27. The fourth-order valence-electron chi connectivity index (χ4n) is 2.72. The number of amides is 1. The molecule has 2 rings (SSSR count). The molecule has 0 unspecified atom stereocenters. The topological polar surface area (TPSA) is 42.0 Å². The predicted molar refractivity (Wildman–Crippen MR) is 104 cm³/mol. The summed E-state index contributed by atoms with van der Waals surface area (Å²) in [5, 5.41) is 2.25. The first-order valence-electron chi connectivity index (χ1n) is 9.03. The summed E-state index contributed by atoms with van der Waals surface area (Å²) in [6.07, 6.45) is -6.29. The van der Waals surface area contributed by atoms with Crippen LogP contribution in [0.5, 0.6) is 0 Å². The lowest BCUT2D eigenvalue weighted by Gasteiger charge is -2.22. The van der Waals surface area contributed by atoms with Gasteiger partial charge in [0.05, 0.1) is 22.9 Å². The summed E-state index contributed by atoms with van der Waals surface area (Å²) in [5.74, 6) is -1.73. The van der Waals surface area contributed by atoms with Crippen molar-refractivity contribution in [1.29, 1.82) is 0 Å². The normalized spacial score (nSPS) is 13.8. The van der Waals surface area contributed by atoms with E-state index in [9.17, 15) is 35.5 Å². The van der Waals surface area contributed by atoms with Crippen molar-refractivity contribution in [3.05, 3.63) is 101 Å². The molecule has 1 atom stereocenters. The monoisotopic (exact) mass is 458 g/mol. The maximum absolute atomic E-state index is 13.5. The molecule has 32 heavy (non-hydrogen) atoms. The second kappa shape index (κ2) is 9.80. The van der Waals surface area contributed by atoms with Crippen LogP contribution in [-0.4, -0.2) is 17.1 Å². The minimum atomic E-state index is -4.87. The van der Waals surface area contributed by atoms with Crippen molar-refractivity contribution in [3.63, 3.8) is 0 Å². The molecule has 1 aromatic heterocycles. The van der Waals surface area contributed by atoms with Gasteiger partial charge in [-0.15, -0.1) is 0 Å². The number of carbonyl (C=O) groups is 1. The highest BCUT2D eigenvalue weighted by Gasteiger charge is 2.37. The minimum absolute atomic E-state index is 0.208. The predicted octanol–water partition coefficient (Wildman–Crippen LogP) is 6.33. The smallest absolute Gasteiger partial charge is 0.340 e. The molecular weight excluding hydrogens is 441 g/mol. The SMILES string of the molecule is C=C(/C=C\C(=C/C)C(F)(F)F)[C@H](NC(=O)c1cccc(F)c1)c1ncccc1C(F)(F)F. The van der Waals surface area contributed by atoms with Gasteiger partial charge in [-0.2, -0.15) is 26.3 Å². The van der Waals surface area contributed by atoms with Gasteiger partial charge in [0.25, 0.3) is 5.91 Å². The summed E-state index contributed by atoms with van der Waals surface area (Å²) in [6, 6.07) is 4.45. The van der Waals surface area contributed by atoms with E-state index < -0.39 is 46.9 Å². The molecule has 0 radical (unpaired) electrons. The number of benzene rings is 1. The Hall–Kier alpha value is -3.43. The van der Waals surface area contributed by atoms with Gasteiger partial charge < -0.3 is 5.32 Å². The molecule has 2 aromatic rings. The van der Waals surface area contributed by atoms with Crippen LogP contribution in [0.2, 0.25) is 0 Å². The van der Waals surface area contributed by atoms with E-state index in [2.05, 4.69) is 16.9 Å². The first kappa shape index (κ1) is 24.8. The van der Waals surface area contributed by atoms with E-state index >= 15 is 0 Å². The van der Waals surface area contributed by atoms with E-state index in [1.54, 1.807) is 0 Å². The van der Waals surface area contributed by atoms with Crippen LogP contribution in [-0.2, 0) is 6.18 Å². The number of halogens is 7. The van der Waals surface area contributed by atoms with Crippen LogP contribution in [0.15, 0.2) is 78.5 Å². The summed E-state index contributed by atoms with van der Waals surface area (Å²) in [6.45, 7) is 4.67. The van der Waals surface area contributed by atoms with Crippen molar-refractivity contribution in [3.8, 4) is 0 Å². The van der Waals surface area contributed by atoms with Crippen molar-refractivity contribution >= 4 is 5.91 Å². The Morgan fingerprint density at radius 3 is 2.34 bits per heavy atom. The first-order valence-corrected chi connectivity index (χ1v) is 9.03. The van der Waals surface area contributed by atoms with Crippen molar-refractivity contribution in [1.82, 2.24) is 10.3 Å². The zero-order valence-corrected chi connectivity index (χ0v) is 16.6. The third kappa shape index (κ3) is 6.29. The zero-order chi connectivity index (χ0) is 24.1. The molecule has 10 heteroatoms. The van der Waals surface area contributed by atoms with Gasteiger partial charge in [0.15, 0.2) is 0 Å². The van der Waals surface area contributed by atoms with Gasteiger partial charge in [-0.1, -0.05) is 30.9 Å².